The number of hydrogen-bond donors (Lipinski definition) is 1. The summed E-state index contributed by atoms with van der Waals surface area (Å²) in [7, 11) is 0. The van der Waals surface area contributed by atoms with Crippen LogP contribution in [0.15, 0.2) is 18.2 Å². The van der Waals surface area contributed by atoms with Crippen LogP contribution in [-0.2, 0) is 9.53 Å². The van der Waals surface area contributed by atoms with Gasteiger partial charge in [-0.05, 0) is 37.0 Å². The molecule has 0 spiro atoms. The molecule has 0 aliphatic carbocycles. The van der Waals surface area contributed by atoms with E-state index in [9.17, 15) is 4.79 Å². The van der Waals surface area contributed by atoms with Crippen molar-refractivity contribution in [2.75, 3.05) is 18.5 Å². The fourth-order valence-electron chi connectivity index (χ4n) is 2.18. The minimum absolute atomic E-state index is 0.0474. The molecule has 0 unspecified atom stereocenters. The normalized spacial score (nSPS) is 18.0. The number of hydrogen-bond acceptors (Lipinski definition) is 3. The number of ether oxygens (including phenoxy) is 2. The van der Waals surface area contributed by atoms with Crippen molar-refractivity contribution in [1.82, 2.24) is 0 Å². The highest BCUT2D eigenvalue weighted by Crippen LogP contribution is 2.28. The molecule has 116 valence electrons. The van der Waals surface area contributed by atoms with E-state index in [2.05, 4.69) is 19.2 Å². The first-order valence-electron chi connectivity index (χ1n) is 7.38. The largest absolute Gasteiger partial charge is 0.492 e. The predicted octanol–water partition coefficient (Wildman–Crippen LogP) is 3.88. The average Bonchev–Trinajstić information content (AvgIpc) is 2.90. The Labute approximate surface area is 130 Å². The zero-order valence-electron chi connectivity index (χ0n) is 12.5. The molecule has 1 aromatic carbocycles. The molecule has 5 heteroatoms. The lowest BCUT2D eigenvalue weighted by molar-refractivity contribution is -0.118. The molecule has 1 saturated heterocycles. The molecule has 21 heavy (non-hydrogen) atoms. The van der Waals surface area contributed by atoms with Gasteiger partial charge in [0.15, 0.2) is 0 Å². The molecule has 1 aromatic rings. The minimum atomic E-state index is -0.0474. The van der Waals surface area contributed by atoms with E-state index < -0.39 is 0 Å². The second-order valence-electron chi connectivity index (χ2n) is 5.74. The molecule has 1 N–H and O–H groups in total. The van der Waals surface area contributed by atoms with Gasteiger partial charge in [0.25, 0.3) is 0 Å². The summed E-state index contributed by atoms with van der Waals surface area (Å²) >= 11 is 6.17. The summed E-state index contributed by atoms with van der Waals surface area (Å²) in [6, 6.07) is 5.30. The van der Waals surface area contributed by atoms with Crippen LogP contribution in [0.3, 0.4) is 0 Å². The Bertz CT molecular complexity index is 484. The molecule has 2 rings (SSSR count). The van der Waals surface area contributed by atoms with Gasteiger partial charge in [-0.15, -0.1) is 0 Å². The number of carbonyl (C=O) groups is 1. The van der Waals surface area contributed by atoms with Crippen LogP contribution in [0.4, 0.5) is 5.69 Å². The van der Waals surface area contributed by atoms with Crippen molar-refractivity contribution in [1.29, 1.82) is 0 Å². The molecular weight excluding hydrogens is 290 g/mol. The molecule has 4 nitrogen and oxygen atoms in total. The van der Waals surface area contributed by atoms with Gasteiger partial charge in [0, 0.05) is 12.3 Å². The van der Waals surface area contributed by atoms with Crippen molar-refractivity contribution in [2.24, 2.45) is 5.92 Å². The fraction of sp³-hybridized carbons (Fsp3) is 0.562. The molecule has 1 fully saturated rings. The third kappa shape index (κ3) is 5.21. The lowest BCUT2D eigenvalue weighted by Gasteiger charge is -2.13. The van der Waals surface area contributed by atoms with Gasteiger partial charge in [0.2, 0.25) is 5.91 Å². The zero-order chi connectivity index (χ0) is 15.2. The standard InChI is InChI=1S/C16H22ClNO3/c1-11(2)10-21-15-6-5-12(8-14(15)17)18-16(19)9-13-4-3-7-20-13/h5-6,8,11,13H,3-4,7,9-10H2,1-2H3,(H,18,19)/t13-/m1/s1. The molecule has 0 bridgehead atoms. The fourth-order valence-corrected chi connectivity index (χ4v) is 2.41. The monoisotopic (exact) mass is 311 g/mol. The number of nitrogens with one attached hydrogen (secondary N) is 1. The summed E-state index contributed by atoms with van der Waals surface area (Å²) in [5, 5.41) is 3.35. The SMILES string of the molecule is CC(C)COc1ccc(NC(=O)C[C@H]2CCCO2)cc1Cl. The lowest BCUT2D eigenvalue weighted by atomic mass is 10.1. The molecule has 0 radical (unpaired) electrons. The maximum absolute atomic E-state index is 11.9. The van der Waals surface area contributed by atoms with Crippen LogP contribution in [0.5, 0.6) is 5.75 Å². The second kappa shape index (κ2) is 7.66. The van der Waals surface area contributed by atoms with Gasteiger partial charge >= 0.3 is 0 Å². The number of amides is 1. The topological polar surface area (TPSA) is 47.6 Å². The first kappa shape index (κ1) is 16.1. The Morgan fingerprint density at radius 2 is 2.33 bits per heavy atom. The highest BCUT2D eigenvalue weighted by Gasteiger charge is 2.19. The first-order chi connectivity index (χ1) is 10.0. The molecule has 1 atom stereocenters. The number of carbonyl (C=O) groups excluding carboxylic acids is 1. The van der Waals surface area contributed by atoms with Crippen LogP contribution in [-0.4, -0.2) is 25.2 Å². The number of anilines is 1. The summed E-state index contributed by atoms with van der Waals surface area (Å²) in [6.45, 7) is 5.53. The lowest BCUT2D eigenvalue weighted by Crippen LogP contribution is -2.19. The quantitative estimate of drug-likeness (QED) is 0.867. The Balaban J connectivity index is 1.88. The zero-order valence-corrected chi connectivity index (χ0v) is 13.3. The third-order valence-electron chi connectivity index (χ3n) is 3.22. The van der Waals surface area contributed by atoms with Crippen LogP contribution >= 0.6 is 11.6 Å². The predicted molar refractivity (Wildman–Crippen MR) is 84.0 cm³/mol. The van der Waals surface area contributed by atoms with Crippen LogP contribution in [0.1, 0.15) is 33.1 Å². The molecule has 1 amide bonds. The minimum Gasteiger partial charge on any atom is -0.492 e. The van der Waals surface area contributed by atoms with E-state index in [1.165, 1.54) is 0 Å². The van der Waals surface area contributed by atoms with Crippen molar-refractivity contribution in [2.45, 2.75) is 39.2 Å². The smallest absolute Gasteiger partial charge is 0.226 e. The molecule has 0 aromatic heterocycles. The number of benzene rings is 1. The van der Waals surface area contributed by atoms with Gasteiger partial charge in [-0.2, -0.15) is 0 Å². The molecular formula is C16H22ClNO3. The van der Waals surface area contributed by atoms with Crippen LogP contribution in [0, 0.1) is 5.92 Å². The highest BCUT2D eigenvalue weighted by atomic mass is 35.5. The van der Waals surface area contributed by atoms with Crippen molar-refractivity contribution in [3.63, 3.8) is 0 Å². The van der Waals surface area contributed by atoms with Crippen LogP contribution < -0.4 is 10.1 Å². The van der Waals surface area contributed by atoms with E-state index in [0.717, 1.165) is 19.4 Å². The third-order valence-corrected chi connectivity index (χ3v) is 3.52. The van der Waals surface area contributed by atoms with Crippen LogP contribution in [0.25, 0.3) is 0 Å². The second-order valence-corrected chi connectivity index (χ2v) is 6.14. The maximum Gasteiger partial charge on any atom is 0.226 e. The highest BCUT2D eigenvalue weighted by molar-refractivity contribution is 6.32. The van der Waals surface area contributed by atoms with Crippen molar-refractivity contribution >= 4 is 23.2 Å². The molecule has 0 saturated carbocycles. The summed E-state index contributed by atoms with van der Waals surface area (Å²) in [6.07, 6.45) is 2.43. The van der Waals surface area contributed by atoms with E-state index in [0.29, 0.717) is 35.4 Å². The summed E-state index contributed by atoms with van der Waals surface area (Å²) in [5.41, 5.74) is 0.680. The van der Waals surface area contributed by atoms with Gasteiger partial charge in [-0.1, -0.05) is 25.4 Å². The average molecular weight is 312 g/mol. The van der Waals surface area contributed by atoms with E-state index in [4.69, 9.17) is 21.1 Å². The number of halogens is 1. The van der Waals surface area contributed by atoms with E-state index in [1.807, 2.05) is 0 Å². The van der Waals surface area contributed by atoms with Crippen molar-refractivity contribution in [3.05, 3.63) is 23.2 Å². The molecule has 1 aliphatic rings. The van der Waals surface area contributed by atoms with Gasteiger partial charge in [0.05, 0.1) is 24.2 Å². The Kier molecular flexibility index (Phi) is 5.88. The number of rotatable bonds is 6. The van der Waals surface area contributed by atoms with Gasteiger partial charge < -0.3 is 14.8 Å². The first-order valence-corrected chi connectivity index (χ1v) is 7.76. The van der Waals surface area contributed by atoms with E-state index in [-0.39, 0.29) is 12.0 Å². The summed E-state index contributed by atoms with van der Waals surface area (Å²) in [4.78, 5) is 11.9. The molecule has 1 heterocycles. The Morgan fingerprint density at radius 3 is 2.95 bits per heavy atom. The summed E-state index contributed by atoms with van der Waals surface area (Å²) < 4.78 is 11.1. The van der Waals surface area contributed by atoms with Gasteiger partial charge in [-0.25, -0.2) is 0 Å². The Hall–Kier alpha value is -1.26. The summed E-state index contributed by atoms with van der Waals surface area (Å²) in [5.74, 6) is 1.03. The van der Waals surface area contributed by atoms with Crippen LogP contribution in [0.2, 0.25) is 5.02 Å². The van der Waals surface area contributed by atoms with E-state index in [1.54, 1.807) is 18.2 Å². The molecule has 1 aliphatic heterocycles. The maximum atomic E-state index is 11.9. The van der Waals surface area contributed by atoms with E-state index >= 15 is 0 Å². The Morgan fingerprint density at radius 1 is 1.52 bits per heavy atom. The van der Waals surface area contributed by atoms with Gasteiger partial charge in [0.1, 0.15) is 5.75 Å². The van der Waals surface area contributed by atoms with Crippen molar-refractivity contribution in [3.8, 4) is 5.75 Å². The van der Waals surface area contributed by atoms with Crippen molar-refractivity contribution < 1.29 is 14.3 Å². The van der Waals surface area contributed by atoms with Gasteiger partial charge in [-0.3, -0.25) is 4.79 Å².